The molecule has 0 spiro atoms. The molecule has 2 aromatic rings. The van der Waals surface area contributed by atoms with Crippen LogP contribution < -0.4 is 5.32 Å². The molecule has 1 saturated carbocycles. The number of hydrogen-bond donors (Lipinski definition) is 2. The summed E-state index contributed by atoms with van der Waals surface area (Å²) in [6.07, 6.45) is 2.76. The van der Waals surface area contributed by atoms with Crippen LogP contribution >= 0.6 is 11.3 Å². The zero-order valence-electron chi connectivity index (χ0n) is 10.2. The van der Waals surface area contributed by atoms with Crippen molar-refractivity contribution in [1.29, 1.82) is 0 Å². The van der Waals surface area contributed by atoms with Gasteiger partial charge in [-0.05, 0) is 41.1 Å². The largest absolute Gasteiger partial charge is 0.352 e. The Morgan fingerprint density at radius 2 is 2.16 bits per heavy atom. The minimum atomic E-state index is 0.0235. The van der Waals surface area contributed by atoms with Gasteiger partial charge in [0.25, 0.3) is 0 Å². The van der Waals surface area contributed by atoms with Gasteiger partial charge in [-0.3, -0.25) is 4.79 Å². The Morgan fingerprint density at radius 3 is 2.84 bits per heavy atom. The zero-order valence-corrected chi connectivity index (χ0v) is 11.0. The molecule has 1 fully saturated rings. The normalized spacial score (nSPS) is 25.3. The first-order chi connectivity index (χ1) is 9.31. The molecule has 0 unspecified atom stereocenters. The lowest BCUT2D eigenvalue weighted by molar-refractivity contribution is -0.123. The lowest BCUT2D eigenvalue weighted by atomic mass is 10.2. The van der Waals surface area contributed by atoms with E-state index in [-0.39, 0.29) is 23.8 Å². The Labute approximate surface area is 113 Å². The van der Waals surface area contributed by atoms with Crippen LogP contribution in [0.15, 0.2) is 10.8 Å². The van der Waals surface area contributed by atoms with Crippen LogP contribution in [-0.4, -0.2) is 32.6 Å². The van der Waals surface area contributed by atoms with Crippen molar-refractivity contribution in [3.05, 3.63) is 27.7 Å². The van der Waals surface area contributed by atoms with Crippen molar-refractivity contribution in [3.8, 4) is 0 Å². The lowest BCUT2D eigenvalue weighted by Crippen LogP contribution is -2.36. The van der Waals surface area contributed by atoms with Gasteiger partial charge < -0.3 is 5.32 Å². The summed E-state index contributed by atoms with van der Waals surface area (Å²) in [4.78, 5) is 12.1. The third kappa shape index (κ3) is 1.94. The Morgan fingerprint density at radius 1 is 1.37 bits per heavy atom. The number of carbonyl (C=O) groups is 1. The molecule has 0 bridgehead atoms. The van der Waals surface area contributed by atoms with Crippen LogP contribution in [0.3, 0.4) is 0 Å². The number of H-pyrrole nitrogens is 1. The van der Waals surface area contributed by atoms with Crippen LogP contribution in [0.25, 0.3) is 0 Å². The van der Waals surface area contributed by atoms with Gasteiger partial charge in [-0.25, -0.2) is 0 Å². The molecule has 6 nitrogen and oxygen atoms in total. The molecule has 98 valence electrons. The summed E-state index contributed by atoms with van der Waals surface area (Å²) in [7, 11) is 0. The first-order valence-corrected chi connectivity index (χ1v) is 7.33. The van der Waals surface area contributed by atoms with E-state index in [2.05, 4.69) is 36.7 Å². The molecule has 0 radical (unpaired) electrons. The van der Waals surface area contributed by atoms with Crippen LogP contribution in [0, 0.1) is 5.92 Å². The predicted octanol–water partition coefficient (Wildman–Crippen LogP) is 0.648. The lowest BCUT2D eigenvalue weighted by Gasteiger charge is -2.11. The number of carbonyl (C=O) groups excluding carboxylic acids is 1. The molecule has 2 aliphatic carbocycles. The van der Waals surface area contributed by atoms with E-state index in [1.54, 1.807) is 11.3 Å². The van der Waals surface area contributed by atoms with Gasteiger partial charge in [0.05, 0.1) is 0 Å². The number of nitrogens with zero attached hydrogens (tertiary/aromatic N) is 3. The summed E-state index contributed by atoms with van der Waals surface area (Å²) in [5.74, 6) is 0.961. The van der Waals surface area contributed by atoms with E-state index in [9.17, 15) is 4.79 Å². The van der Waals surface area contributed by atoms with Gasteiger partial charge in [-0.2, -0.15) is 16.6 Å². The Kier molecular flexibility index (Phi) is 2.41. The summed E-state index contributed by atoms with van der Waals surface area (Å²) in [5, 5.41) is 21.4. The van der Waals surface area contributed by atoms with Crippen molar-refractivity contribution >= 4 is 17.2 Å². The van der Waals surface area contributed by atoms with Crippen molar-refractivity contribution in [2.75, 3.05) is 0 Å². The number of thiophene rings is 1. The van der Waals surface area contributed by atoms with Crippen molar-refractivity contribution in [2.45, 2.75) is 31.2 Å². The maximum absolute atomic E-state index is 12.1. The summed E-state index contributed by atoms with van der Waals surface area (Å²) in [5.41, 5.74) is 2.78. The highest BCUT2D eigenvalue weighted by Gasteiger charge is 2.47. The van der Waals surface area contributed by atoms with E-state index >= 15 is 0 Å². The fourth-order valence-electron chi connectivity index (χ4n) is 2.82. The Balaban J connectivity index is 1.35. The number of tetrazole rings is 1. The second-order valence-electron chi connectivity index (χ2n) is 5.25. The summed E-state index contributed by atoms with van der Waals surface area (Å²) in [6, 6.07) is 0.261. The third-order valence-electron chi connectivity index (χ3n) is 3.93. The number of rotatable bonds is 3. The van der Waals surface area contributed by atoms with Gasteiger partial charge in [-0.1, -0.05) is 5.21 Å². The molecule has 0 aliphatic heterocycles. The highest BCUT2D eigenvalue weighted by molar-refractivity contribution is 7.08. The Bertz CT molecular complexity index is 587. The number of aromatic nitrogens is 4. The third-order valence-corrected chi connectivity index (χ3v) is 4.77. The van der Waals surface area contributed by atoms with Crippen LogP contribution in [-0.2, 0) is 17.6 Å². The number of amides is 1. The summed E-state index contributed by atoms with van der Waals surface area (Å²) >= 11 is 1.74. The Hall–Kier alpha value is -1.76. The average Bonchev–Trinajstić information content (AvgIpc) is 2.80. The fraction of sp³-hybridized carbons (Fsp3) is 0.500. The second-order valence-corrected chi connectivity index (χ2v) is 6.00. The monoisotopic (exact) mass is 275 g/mol. The molecular weight excluding hydrogens is 262 g/mol. The number of aromatic amines is 1. The fourth-order valence-corrected chi connectivity index (χ4v) is 3.71. The van der Waals surface area contributed by atoms with Crippen molar-refractivity contribution < 1.29 is 4.79 Å². The molecule has 2 aliphatic rings. The molecule has 0 aromatic carbocycles. The molecule has 2 aromatic heterocycles. The molecular formula is C12H13N5OS. The highest BCUT2D eigenvalue weighted by Crippen LogP contribution is 2.45. The van der Waals surface area contributed by atoms with Gasteiger partial charge in [-0.15, -0.1) is 10.2 Å². The second kappa shape index (κ2) is 4.12. The van der Waals surface area contributed by atoms with Crippen LogP contribution in [0.2, 0.25) is 0 Å². The number of fused-ring (bicyclic) bond motifs is 1. The van der Waals surface area contributed by atoms with E-state index in [0.29, 0.717) is 5.82 Å². The van der Waals surface area contributed by atoms with E-state index in [4.69, 9.17) is 0 Å². The minimum absolute atomic E-state index is 0.0235. The van der Waals surface area contributed by atoms with Crippen molar-refractivity contribution in [3.63, 3.8) is 0 Å². The van der Waals surface area contributed by atoms with E-state index in [1.807, 2.05) is 0 Å². The van der Waals surface area contributed by atoms with Gasteiger partial charge in [0.1, 0.15) is 0 Å². The van der Waals surface area contributed by atoms with E-state index in [1.165, 1.54) is 11.1 Å². The maximum Gasteiger partial charge on any atom is 0.224 e. The SMILES string of the molecule is O=C(NC1Cc2cscc2C1)[C@@H]1C[C@H]1c1nn[nH]n1. The standard InChI is InChI=1S/C12H13N5OS/c18-12(10-3-9(10)11-14-16-17-15-11)13-8-1-6-4-19-5-7(6)2-8/h4-5,8-10H,1-3H2,(H,13,18)(H,14,15,16,17)/t9-,10-/m1/s1. The van der Waals surface area contributed by atoms with Crippen LogP contribution in [0.4, 0.5) is 0 Å². The molecule has 1 amide bonds. The molecule has 2 N–H and O–H groups in total. The smallest absolute Gasteiger partial charge is 0.224 e. The summed E-state index contributed by atoms with van der Waals surface area (Å²) < 4.78 is 0. The van der Waals surface area contributed by atoms with Gasteiger partial charge in [0.2, 0.25) is 5.91 Å². The van der Waals surface area contributed by atoms with Gasteiger partial charge in [0.15, 0.2) is 5.82 Å². The predicted molar refractivity (Wildman–Crippen MR) is 68.7 cm³/mol. The highest BCUT2D eigenvalue weighted by atomic mass is 32.1. The molecule has 7 heteroatoms. The number of hydrogen-bond acceptors (Lipinski definition) is 5. The molecule has 19 heavy (non-hydrogen) atoms. The van der Waals surface area contributed by atoms with E-state index in [0.717, 1.165) is 19.3 Å². The van der Waals surface area contributed by atoms with Crippen LogP contribution in [0.5, 0.6) is 0 Å². The molecule has 4 rings (SSSR count). The first-order valence-electron chi connectivity index (χ1n) is 6.39. The first kappa shape index (κ1) is 11.1. The van der Waals surface area contributed by atoms with Gasteiger partial charge in [0, 0.05) is 17.9 Å². The maximum atomic E-state index is 12.1. The van der Waals surface area contributed by atoms with Crippen molar-refractivity contribution in [2.24, 2.45) is 5.92 Å². The molecule has 2 heterocycles. The van der Waals surface area contributed by atoms with Crippen molar-refractivity contribution in [1.82, 2.24) is 25.9 Å². The minimum Gasteiger partial charge on any atom is -0.352 e. The van der Waals surface area contributed by atoms with Gasteiger partial charge >= 0.3 is 0 Å². The zero-order chi connectivity index (χ0) is 12.8. The molecule has 2 atom stereocenters. The summed E-state index contributed by atoms with van der Waals surface area (Å²) in [6.45, 7) is 0. The topological polar surface area (TPSA) is 83.6 Å². The van der Waals surface area contributed by atoms with Crippen LogP contribution in [0.1, 0.15) is 29.3 Å². The number of nitrogens with one attached hydrogen (secondary N) is 2. The van der Waals surface area contributed by atoms with E-state index < -0.39 is 0 Å². The molecule has 0 saturated heterocycles. The quantitative estimate of drug-likeness (QED) is 0.861. The average molecular weight is 275 g/mol.